The second-order valence-corrected chi connectivity index (χ2v) is 6.75. The highest BCUT2D eigenvalue weighted by Crippen LogP contribution is 2.18. The van der Waals surface area contributed by atoms with Gasteiger partial charge in [-0.1, -0.05) is 56.2 Å². The molecule has 0 saturated heterocycles. The summed E-state index contributed by atoms with van der Waals surface area (Å²) in [5.74, 6) is 0.168. The van der Waals surface area contributed by atoms with E-state index in [2.05, 4.69) is 37.3 Å². The first kappa shape index (κ1) is 21.4. The van der Waals surface area contributed by atoms with Gasteiger partial charge in [-0.2, -0.15) is 0 Å². The minimum absolute atomic E-state index is 0.168. The third kappa shape index (κ3) is 6.96. The van der Waals surface area contributed by atoms with E-state index in [4.69, 9.17) is 9.47 Å². The number of hydrogen-bond donors (Lipinski definition) is 0. The number of amides is 1. The Bertz CT molecular complexity index is 695. The Morgan fingerprint density at radius 2 is 1.67 bits per heavy atom. The van der Waals surface area contributed by atoms with Crippen LogP contribution in [0.3, 0.4) is 0 Å². The van der Waals surface area contributed by atoms with Gasteiger partial charge in [-0.05, 0) is 42.7 Å². The highest BCUT2D eigenvalue weighted by Gasteiger charge is 2.20. The van der Waals surface area contributed by atoms with Crippen molar-refractivity contribution in [3.05, 3.63) is 48.0 Å². The topological polar surface area (TPSA) is 38.8 Å². The maximum absolute atomic E-state index is 12.8. The first-order valence-corrected chi connectivity index (χ1v) is 10.2. The van der Waals surface area contributed by atoms with Gasteiger partial charge < -0.3 is 14.4 Å². The zero-order valence-corrected chi connectivity index (χ0v) is 16.9. The fourth-order valence-corrected chi connectivity index (χ4v) is 3.20. The van der Waals surface area contributed by atoms with E-state index in [9.17, 15) is 4.79 Å². The number of fused-ring (bicyclic) bond motifs is 1. The quantitative estimate of drug-likeness (QED) is 0.383. The van der Waals surface area contributed by atoms with Crippen molar-refractivity contribution >= 4 is 16.7 Å². The molecule has 2 aromatic rings. The number of benzene rings is 2. The summed E-state index contributed by atoms with van der Waals surface area (Å²) in [5, 5.41) is 2.41. The Morgan fingerprint density at radius 1 is 0.963 bits per heavy atom. The Hall–Kier alpha value is -1.91. The maximum Gasteiger partial charge on any atom is 0.223 e. The van der Waals surface area contributed by atoms with Crippen LogP contribution in [0.4, 0.5) is 0 Å². The molecule has 0 saturated carbocycles. The van der Waals surface area contributed by atoms with Crippen molar-refractivity contribution in [2.24, 2.45) is 0 Å². The zero-order valence-electron chi connectivity index (χ0n) is 16.9. The molecular weight excluding hydrogens is 338 g/mol. The molecule has 0 fully saturated rings. The lowest BCUT2D eigenvalue weighted by Crippen LogP contribution is -2.39. The van der Waals surface area contributed by atoms with Crippen LogP contribution in [0.25, 0.3) is 10.8 Å². The molecule has 0 aromatic heterocycles. The highest BCUT2D eigenvalue weighted by molar-refractivity contribution is 5.83. The number of nitrogens with zero attached hydrogens (tertiary/aromatic N) is 1. The molecule has 0 aliphatic carbocycles. The Labute approximate surface area is 163 Å². The molecule has 0 aliphatic heterocycles. The smallest absolute Gasteiger partial charge is 0.223 e. The number of carbonyl (C=O) groups is 1. The highest BCUT2D eigenvalue weighted by atomic mass is 16.7. The maximum atomic E-state index is 12.8. The van der Waals surface area contributed by atoms with Crippen molar-refractivity contribution in [2.45, 2.75) is 59.3 Å². The molecule has 2 rings (SSSR count). The van der Waals surface area contributed by atoms with Gasteiger partial charge >= 0.3 is 0 Å². The van der Waals surface area contributed by atoms with Gasteiger partial charge in [0.2, 0.25) is 5.91 Å². The van der Waals surface area contributed by atoms with Crippen LogP contribution in [-0.4, -0.2) is 36.9 Å². The first-order chi connectivity index (χ1) is 13.2. The van der Waals surface area contributed by atoms with E-state index >= 15 is 0 Å². The molecule has 4 heteroatoms. The average Bonchev–Trinajstić information content (AvgIpc) is 2.68. The zero-order chi connectivity index (χ0) is 19.5. The lowest BCUT2D eigenvalue weighted by atomic mass is 10.1. The molecule has 0 heterocycles. The van der Waals surface area contributed by atoms with Gasteiger partial charge in [0.15, 0.2) is 6.29 Å². The van der Waals surface area contributed by atoms with Crippen molar-refractivity contribution in [1.82, 2.24) is 4.90 Å². The molecule has 0 N–H and O–H groups in total. The summed E-state index contributed by atoms with van der Waals surface area (Å²) < 4.78 is 11.4. The molecule has 0 aliphatic rings. The van der Waals surface area contributed by atoms with Crippen LogP contribution in [0.1, 0.15) is 52.0 Å². The molecule has 4 nitrogen and oxygen atoms in total. The minimum Gasteiger partial charge on any atom is -0.351 e. The SMILES string of the molecule is CCCCCC(=O)N(Cc1ccc2ccccc2c1)CC(OCC)OCC. The van der Waals surface area contributed by atoms with Crippen molar-refractivity contribution in [2.75, 3.05) is 19.8 Å². The normalized spacial score (nSPS) is 11.3. The summed E-state index contributed by atoms with van der Waals surface area (Å²) in [6.45, 7) is 8.21. The van der Waals surface area contributed by atoms with Crippen LogP contribution in [0.5, 0.6) is 0 Å². The second-order valence-electron chi connectivity index (χ2n) is 6.75. The van der Waals surface area contributed by atoms with Gasteiger partial charge in [-0.25, -0.2) is 0 Å². The molecule has 1 amide bonds. The molecule has 27 heavy (non-hydrogen) atoms. The predicted molar refractivity (Wildman–Crippen MR) is 111 cm³/mol. The van der Waals surface area contributed by atoms with E-state index in [1.807, 2.05) is 30.9 Å². The van der Waals surface area contributed by atoms with Crippen molar-refractivity contribution in [1.29, 1.82) is 0 Å². The summed E-state index contributed by atoms with van der Waals surface area (Å²) in [6.07, 6.45) is 3.31. The van der Waals surface area contributed by atoms with E-state index < -0.39 is 0 Å². The summed E-state index contributed by atoms with van der Waals surface area (Å²) in [4.78, 5) is 14.7. The van der Waals surface area contributed by atoms with E-state index in [1.165, 1.54) is 10.8 Å². The molecule has 0 radical (unpaired) electrons. The summed E-state index contributed by atoms with van der Waals surface area (Å²) >= 11 is 0. The Morgan fingerprint density at radius 3 is 2.33 bits per heavy atom. The van der Waals surface area contributed by atoms with Gasteiger partial charge in [0.05, 0.1) is 6.54 Å². The van der Waals surface area contributed by atoms with Crippen molar-refractivity contribution in [3.63, 3.8) is 0 Å². The lowest BCUT2D eigenvalue weighted by Gasteiger charge is -2.28. The number of unbranched alkanes of at least 4 members (excludes halogenated alkanes) is 2. The Balaban J connectivity index is 2.14. The summed E-state index contributed by atoms with van der Waals surface area (Å²) in [5.41, 5.74) is 1.13. The lowest BCUT2D eigenvalue weighted by molar-refractivity contribution is -0.159. The van der Waals surface area contributed by atoms with E-state index in [1.54, 1.807) is 0 Å². The number of carbonyl (C=O) groups excluding carboxylic acids is 1. The third-order valence-corrected chi connectivity index (χ3v) is 4.61. The van der Waals surface area contributed by atoms with Crippen LogP contribution < -0.4 is 0 Å². The minimum atomic E-state index is -0.379. The van der Waals surface area contributed by atoms with Gasteiger partial charge in [-0.3, -0.25) is 4.79 Å². The van der Waals surface area contributed by atoms with Crippen LogP contribution in [-0.2, 0) is 20.8 Å². The second kappa shape index (κ2) is 11.7. The van der Waals surface area contributed by atoms with E-state index in [-0.39, 0.29) is 12.2 Å². The van der Waals surface area contributed by atoms with Crippen molar-refractivity contribution < 1.29 is 14.3 Å². The van der Waals surface area contributed by atoms with Crippen molar-refractivity contribution in [3.8, 4) is 0 Å². The summed E-state index contributed by atoms with van der Waals surface area (Å²) in [6, 6.07) is 14.7. The predicted octanol–water partition coefficient (Wildman–Crippen LogP) is 5.15. The fraction of sp³-hybridized carbons (Fsp3) is 0.522. The largest absolute Gasteiger partial charge is 0.351 e. The standard InChI is InChI=1S/C23H33NO3/c1-4-7-8-13-22(25)24(18-23(26-5-2)27-6-3)17-19-14-15-20-11-9-10-12-21(20)16-19/h9-12,14-16,23H,4-8,13,17-18H2,1-3H3. The van der Waals surface area contributed by atoms with Crippen LogP contribution >= 0.6 is 0 Å². The van der Waals surface area contributed by atoms with Crippen LogP contribution in [0.15, 0.2) is 42.5 Å². The van der Waals surface area contributed by atoms with Gasteiger partial charge in [0.25, 0.3) is 0 Å². The molecule has 0 spiro atoms. The van der Waals surface area contributed by atoms with Crippen LogP contribution in [0, 0.1) is 0 Å². The summed E-state index contributed by atoms with van der Waals surface area (Å²) in [7, 11) is 0. The Kier molecular flexibility index (Phi) is 9.29. The molecular formula is C23H33NO3. The van der Waals surface area contributed by atoms with Crippen LogP contribution in [0.2, 0.25) is 0 Å². The molecule has 148 valence electrons. The number of hydrogen-bond acceptors (Lipinski definition) is 3. The van der Waals surface area contributed by atoms with Gasteiger partial charge in [0.1, 0.15) is 0 Å². The first-order valence-electron chi connectivity index (χ1n) is 10.2. The van der Waals surface area contributed by atoms with E-state index in [0.29, 0.717) is 32.7 Å². The van der Waals surface area contributed by atoms with E-state index in [0.717, 1.165) is 24.8 Å². The molecule has 0 atom stereocenters. The molecule has 0 bridgehead atoms. The number of rotatable bonds is 12. The average molecular weight is 372 g/mol. The molecule has 2 aromatic carbocycles. The molecule has 0 unspecified atom stereocenters. The van der Waals surface area contributed by atoms with Gasteiger partial charge in [0, 0.05) is 26.2 Å². The fourth-order valence-electron chi connectivity index (χ4n) is 3.20. The van der Waals surface area contributed by atoms with Gasteiger partial charge in [-0.15, -0.1) is 0 Å². The monoisotopic (exact) mass is 371 g/mol. The number of ether oxygens (including phenoxy) is 2. The third-order valence-electron chi connectivity index (χ3n) is 4.61.